The first-order chi connectivity index (χ1) is 7.13. The van der Waals surface area contributed by atoms with Gasteiger partial charge in [-0.05, 0) is 30.7 Å². The second kappa shape index (κ2) is 5.05. The molecular formula is C11H13NO3. The van der Waals surface area contributed by atoms with Gasteiger partial charge in [-0.15, -0.1) is 0 Å². The molecule has 0 bridgehead atoms. The third-order valence-electron chi connectivity index (χ3n) is 1.90. The number of rotatable bonds is 4. The molecule has 0 aliphatic rings. The molecule has 0 radical (unpaired) electrons. The van der Waals surface area contributed by atoms with Crippen LogP contribution in [0.4, 0.5) is 5.69 Å². The zero-order valence-corrected chi connectivity index (χ0v) is 8.65. The zero-order chi connectivity index (χ0) is 11.3. The molecule has 0 fully saturated rings. The fourth-order valence-corrected chi connectivity index (χ4v) is 1.13. The molecule has 0 atom stereocenters. The van der Waals surface area contributed by atoms with Crippen LogP contribution in [0, 0.1) is 6.92 Å². The number of benzene rings is 1. The highest BCUT2D eigenvalue weighted by atomic mass is 16.5. The summed E-state index contributed by atoms with van der Waals surface area (Å²) in [5.74, 6) is -0.200. The minimum atomic E-state index is -0.978. The fourth-order valence-electron chi connectivity index (χ4n) is 1.13. The smallest absolute Gasteiger partial charge is 0.329 e. The van der Waals surface area contributed by atoms with Gasteiger partial charge in [0.05, 0.1) is 7.11 Å². The molecule has 4 nitrogen and oxygen atoms in total. The van der Waals surface area contributed by atoms with E-state index in [0.29, 0.717) is 0 Å². The normalized spacial score (nSPS) is 10.3. The maximum Gasteiger partial charge on any atom is 0.329 e. The lowest BCUT2D eigenvalue weighted by atomic mass is 10.2. The maximum absolute atomic E-state index is 10.2. The summed E-state index contributed by atoms with van der Waals surface area (Å²) in [6.45, 7) is 1.92. The van der Waals surface area contributed by atoms with E-state index in [-0.39, 0.29) is 0 Å². The Bertz CT molecular complexity index is 385. The first-order valence-corrected chi connectivity index (χ1v) is 4.44. The van der Waals surface area contributed by atoms with Crippen LogP contribution in [0.15, 0.2) is 30.5 Å². The largest absolute Gasteiger partial charge is 0.497 e. The van der Waals surface area contributed by atoms with Gasteiger partial charge in [0.2, 0.25) is 0 Å². The lowest BCUT2D eigenvalue weighted by Gasteiger charge is -2.07. The third kappa shape index (κ3) is 3.34. The van der Waals surface area contributed by atoms with Crippen LogP contribution in [-0.2, 0) is 4.79 Å². The number of carbonyl (C=O) groups is 1. The Hall–Kier alpha value is -1.97. The monoisotopic (exact) mass is 207 g/mol. The molecule has 0 aliphatic heterocycles. The van der Waals surface area contributed by atoms with Crippen LogP contribution >= 0.6 is 0 Å². The van der Waals surface area contributed by atoms with Crippen molar-refractivity contribution in [3.63, 3.8) is 0 Å². The van der Waals surface area contributed by atoms with Crippen LogP contribution in [-0.4, -0.2) is 18.2 Å². The van der Waals surface area contributed by atoms with Crippen molar-refractivity contribution in [2.24, 2.45) is 0 Å². The van der Waals surface area contributed by atoms with Gasteiger partial charge >= 0.3 is 5.97 Å². The number of aliphatic carboxylic acids is 1. The Kier molecular flexibility index (Phi) is 3.74. The summed E-state index contributed by atoms with van der Waals surface area (Å²) in [5, 5.41) is 11.3. The number of hydrogen-bond acceptors (Lipinski definition) is 3. The Morgan fingerprint density at radius 2 is 2.27 bits per heavy atom. The van der Waals surface area contributed by atoms with Crippen LogP contribution in [0.25, 0.3) is 0 Å². The zero-order valence-electron chi connectivity index (χ0n) is 8.65. The van der Waals surface area contributed by atoms with Crippen molar-refractivity contribution in [2.45, 2.75) is 6.92 Å². The fraction of sp³-hybridized carbons (Fsp3) is 0.182. The Labute approximate surface area is 88.2 Å². The number of anilines is 1. The summed E-state index contributed by atoms with van der Waals surface area (Å²) >= 11 is 0. The van der Waals surface area contributed by atoms with E-state index in [9.17, 15) is 4.79 Å². The minimum Gasteiger partial charge on any atom is -0.497 e. The molecule has 0 unspecified atom stereocenters. The van der Waals surface area contributed by atoms with Gasteiger partial charge in [-0.2, -0.15) is 0 Å². The van der Waals surface area contributed by atoms with Crippen LogP contribution in [0.2, 0.25) is 0 Å². The molecule has 15 heavy (non-hydrogen) atoms. The second-order valence-electron chi connectivity index (χ2n) is 3.00. The quantitative estimate of drug-likeness (QED) is 0.741. The van der Waals surface area contributed by atoms with E-state index in [4.69, 9.17) is 9.84 Å². The molecule has 2 N–H and O–H groups in total. The minimum absolute atomic E-state index is 0.778. The summed E-state index contributed by atoms with van der Waals surface area (Å²) < 4.78 is 5.05. The van der Waals surface area contributed by atoms with E-state index < -0.39 is 5.97 Å². The van der Waals surface area contributed by atoms with E-state index in [2.05, 4.69) is 5.32 Å². The average molecular weight is 207 g/mol. The van der Waals surface area contributed by atoms with Crippen molar-refractivity contribution in [1.82, 2.24) is 0 Å². The molecule has 0 aliphatic carbocycles. The first kappa shape index (κ1) is 11.1. The summed E-state index contributed by atoms with van der Waals surface area (Å²) in [5.41, 5.74) is 1.85. The van der Waals surface area contributed by atoms with E-state index in [1.165, 1.54) is 6.20 Å². The van der Waals surface area contributed by atoms with Gasteiger partial charge in [-0.1, -0.05) is 0 Å². The molecule has 4 heteroatoms. The van der Waals surface area contributed by atoms with Crippen molar-refractivity contribution < 1.29 is 14.6 Å². The Morgan fingerprint density at radius 1 is 1.53 bits per heavy atom. The number of carboxylic acids is 1. The van der Waals surface area contributed by atoms with Crippen molar-refractivity contribution in [3.8, 4) is 5.75 Å². The van der Waals surface area contributed by atoms with Crippen molar-refractivity contribution in [3.05, 3.63) is 36.0 Å². The van der Waals surface area contributed by atoms with Crippen molar-refractivity contribution in [1.29, 1.82) is 0 Å². The summed E-state index contributed by atoms with van der Waals surface area (Å²) in [4.78, 5) is 10.2. The topological polar surface area (TPSA) is 58.6 Å². The standard InChI is InChI=1S/C11H13NO3/c1-8-7-9(15-2)3-4-10(8)12-6-5-11(13)14/h3-7,12H,1-2H3,(H,13,14)/b6-5+. The maximum atomic E-state index is 10.2. The van der Waals surface area contributed by atoms with Gasteiger partial charge in [-0.25, -0.2) is 4.79 Å². The summed E-state index contributed by atoms with van der Waals surface area (Å²) in [7, 11) is 1.60. The molecule has 0 saturated carbocycles. The molecule has 0 aromatic heterocycles. The van der Waals surface area contributed by atoms with Crippen LogP contribution in [0.3, 0.4) is 0 Å². The predicted molar refractivity (Wildman–Crippen MR) is 58.1 cm³/mol. The number of nitrogens with one attached hydrogen (secondary N) is 1. The highest BCUT2D eigenvalue weighted by Gasteiger charge is 1.97. The highest BCUT2D eigenvalue weighted by Crippen LogP contribution is 2.20. The molecule has 1 aromatic carbocycles. The summed E-state index contributed by atoms with van der Waals surface area (Å²) in [6.07, 6.45) is 2.43. The van der Waals surface area contributed by atoms with E-state index >= 15 is 0 Å². The van der Waals surface area contributed by atoms with Gasteiger partial charge in [0.1, 0.15) is 5.75 Å². The van der Waals surface area contributed by atoms with Gasteiger partial charge < -0.3 is 15.2 Å². The van der Waals surface area contributed by atoms with E-state index in [1.54, 1.807) is 7.11 Å². The average Bonchev–Trinajstić information content (AvgIpc) is 2.20. The molecular weight excluding hydrogens is 194 g/mol. The number of carboxylic acid groups (broad SMARTS) is 1. The summed E-state index contributed by atoms with van der Waals surface area (Å²) in [6, 6.07) is 5.52. The molecule has 1 rings (SSSR count). The second-order valence-corrected chi connectivity index (χ2v) is 3.00. The third-order valence-corrected chi connectivity index (χ3v) is 1.90. The lowest BCUT2D eigenvalue weighted by molar-refractivity contribution is -0.131. The number of methoxy groups -OCH3 is 1. The highest BCUT2D eigenvalue weighted by molar-refractivity contribution is 5.80. The van der Waals surface area contributed by atoms with Crippen molar-refractivity contribution in [2.75, 3.05) is 12.4 Å². The molecule has 80 valence electrons. The Balaban J connectivity index is 2.74. The molecule has 0 saturated heterocycles. The van der Waals surface area contributed by atoms with E-state index in [0.717, 1.165) is 23.1 Å². The molecule has 1 aromatic rings. The number of ether oxygens (including phenoxy) is 1. The van der Waals surface area contributed by atoms with Gasteiger partial charge in [0, 0.05) is 18.0 Å². The van der Waals surface area contributed by atoms with Crippen LogP contribution in [0.1, 0.15) is 5.56 Å². The van der Waals surface area contributed by atoms with Gasteiger partial charge in [0.15, 0.2) is 0 Å². The molecule has 0 heterocycles. The predicted octanol–water partition coefficient (Wildman–Crippen LogP) is 2.01. The lowest BCUT2D eigenvalue weighted by Crippen LogP contribution is -1.94. The van der Waals surface area contributed by atoms with Crippen molar-refractivity contribution >= 4 is 11.7 Å². The van der Waals surface area contributed by atoms with Gasteiger partial charge in [0.25, 0.3) is 0 Å². The molecule has 0 spiro atoms. The number of hydrogen-bond donors (Lipinski definition) is 2. The van der Waals surface area contributed by atoms with Crippen LogP contribution in [0.5, 0.6) is 5.75 Å². The Morgan fingerprint density at radius 3 is 2.80 bits per heavy atom. The number of aryl methyl sites for hydroxylation is 1. The SMILES string of the molecule is COc1ccc(N/C=C/C(=O)O)c(C)c1. The van der Waals surface area contributed by atoms with Crippen LogP contribution < -0.4 is 10.1 Å². The van der Waals surface area contributed by atoms with E-state index in [1.807, 2.05) is 25.1 Å². The molecule has 0 amide bonds. The van der Waals surface area contributed by atoms with Gasteiger partial charge in [-0.3, -0.25) is 0 Å². The first-order valence-electron chi connectivity index (χ1n) is 4.44.